The van der Waals surface area contributed by atoms with E-state index in [0.717, 1.165) is 42.7 Å². The molecule has 6 nitrogen and oxygen atoms in total. The van der Waals surface area contributed by atoms with Gasteiger partial charge >= 0.3 is 0 Å². The van der Waals surface area contributed by atoms with Crippen molar-refractivity contribution in [2.24, 2.45) is 0 Å². The second-order valence-electron chi connectivity index (χ2n) is 6.07. The van der Waals surface area contributed by atoms with Crippen LogP contribution in [0.5, 0.6) is 11.5 Å². The first-order chi connectivity index (χ1) is 11.1. The first kappa shape index (κ1) is 15.8. The molecule has 0 aliphatic carbocycles. The summed E-state index contributed by atoms with van der Waals surface area (Å²) in [6, 6.07) is 4.37. The van der Waals surface area contributed by atoms with Crippen molar-refractivity contribution < 1.29 is 9.47 Å². The lowest BCUT2D eigenvalue weighted by atomic mass is 10.0. The molecule has 2 heterocycles. The van der Waals surface area contributed by atoms with Gasteiger partial charge in [0.05, 0.1) is 19.7 Å². The molecule has 3 rings (SSSR count). The first-order valence-corrected chi connectivity index (χ1v) is 7.92. The molecule has 1 saturated heterocycles. The number of ether oxygens (including phenoxy) is 2. The van der Waals surface area contributed by atoms with Crippen LogP contribution in [0.4, 0.5) is 5.82 Å². The maximum Gasteiger partial charge on any atom is 0.162 e. The summed E-state index contributed by atoms with van der Waals surface area (Å²) in [7, 11) is 7.58. The fraction of sp³-hybridized carbons (Fsp3) is 0.529. The number of piperidine rings is 1. The van der Waals surface area contributed by atoms with Gasteiger partial charge in [-0.15, -0.1) is 0 Å². The van der Waals surface area contributed by atoms with Crippen molar-refractivity contribution in [3.63, 3.8) is 0 Å². The van der Waals surface area contributed by atoms with Gasteiger partial charge in [-0.05, 0) is 39.0 Å². The third kappa shape index (κ3) is 3.03. The van der Waals surface area contributed by atoms with Crippen LogP contribution in [-0.4, -0.2) is 62.3 Å². The minimum atomic E-state index is 0.498. The smallest absolute Gasteiger partial charge is 0.162 e. The van der Waals surface area contributed by atoms with Crippen molar-refractivity contribution in [2.75, 3.05) is 46.3 Å². The van der Waals surface area contributed by atoms with Crippen LogP contribution in [0, 0.1) is 0 Å². The monoisotopic (exact) mass is 316 g/mol. The van der Waals surface area contributed by atoms with E-state index in [0.29, 0.717) is 17.5 Å². The van der Waals surface area contributed by atoms with E-state index < -0.39 is 0 Å². The van der Waals surface area contributed by atoms with Crippen molar-refractivity contribution in [3.8, 4) is 11.5 Å². The van der Waals surface area contributed by atoms with E-state index in [1.807, 2.05) is 12.1 Å². The molecule has 0 amide bonds. The van der Waals surface area contributed by atoms with E-state index in [2.05, 4.69) is 33.9 Å². The van der Waals surface area contributed by atoms with Gasteiger partial charge in [-0.1, -0.05) is 0 Å². The Bertz CT molecular complexity index is 684. The minimum Gasteiger partial charge on any atom is -0.493 e. The van der Waals surface area contributed by atoms with Crippen LogP contribution >= 0.6 is 0 Å². The third-order valence-electron chi connectivity index (χ3n) is 4.69. The molecule has 0 atom stereocenters. The van der Waals surface area contributed by atoms with E-state index >= 15 is 0 Å². The topological polar surface area (TPSA) is 50.7 Å². The lowest BCUT2D eigenvalue weighted by Gasteiger charge is -2.36. The van der Waals surface area contributed by atoms with E-state index in [-0.39, 0.29) is 0 Å². The largest absolute Gasteiger partial charge is 0.493 e. The van der Waals surface area contributed by atoms with Crippen LogP contribution in [0.2, 0.25) is 0 Å². The summed E-state index contributed by atoms with van der Waals surface area (Å²) >= 11 is 0. The minimum absolute atomic E-state index is 0.498. The Kier molecular flexibility index (Phi) is 4.52. The summed E-state index contributed by atoms with van der Waals surface area (Å²) in [5.41, 5.74) is 0.868. The Morgan fingerprint density at radius 3 is 2.39 bits per heavy atom. The molecular weight excluding hydrogens is 292 g/mol. The quantitative estimate of drug-likeness (QED) is 0.862. The summed E-state index contributed by atoms with van der Waals surface area (Å²) in [4.78, 5) is 13.6. The Balaban J connectivity index is 2.00. The van der Waals surface area contributed by atoms with Gasteiger partial charge in [0.25, 0.3) is 0 Å². The summed E-state index contributed by atoms with van der Waals surface area (Å²) in [5.74, 6) is 2.34. The van der Waals surface area contributed by atoms with Gasteiger partial charge in [-0.3, -0.25) is 0 Å². The van der Waals surface area contributed by atoms with E-state index in [1.165, 1.54) is 0 Å². The maximum atomic E-state index is 5.43. The van der Waals surface area contributed by atoms with Crippen molar-refractivity contribution in [3.05, 3.63) is 18.5 Å². The van der Waals surface area contributed by atoms with Crippen LogP contribution in [0.3, 0.4) is 0 Å². The molecule has 1 aliphatic heterocycles. The van der Waals surface area contributed by atoms with Crippen LogP contribution < -0.4 is 14.4 Å². The number of hydrogen-bond acceptors (Lipinski definition) is 6. The highest BCUT2D eigenvalue weighted by atomic mass is 16.5. The van der Waals surface area contributed by atoms with Gasteiger partial charge in [0.15, 0.2) is 11.5 Å². The summed E-state index contributed by atoms with van der Waals surface area (Å²) < 4.78 is 10.8. The maximum absolute atomic E-state index is 5.43. The highest BCUT2D eigenvalue weighted by Crippen LogP contribution is 2.35. The number of nitrogens with zero attached hydrogens (tertiary/aromatic N) is 4. The summed E-state index contributed by atoms with van der Waals surface area (Å²) in [5, 5.41) is 0.992. The predicted octanol–water partition coefficient (Wildman–Crippen LogP) is 2.18. The van der Waals surface area contributed by atoms with Crippen LogP contribution in [0.1, 0.15) is 12.8 Å². The lowest BCUT2D eigenvalue weighted by molar-refractivity contribution is 0.252. The molecule has 0 saturated carbocycles. The van der Waals surface area contributed by atoms with Crippen LogP contribution in [0.25, 0.3) is 10.9 Å². The van der Waals surface area contributed by atoms with E-state index in [4.69, 9.17) is 9.47 Å². The number of likely N-dealkylation sites (tertiary alicyclic amines) is 1. The normalized spacial score (nSPS) is 16.5. The highest BCUT2D eigenvalue weighted by molar-refractivity contribution is 5.92. The van der Waals surface area contributed by atoms with Gasteiger partial charge in [-0.2, -0.15) is 0 Å². The average molecular weight is 316 g/mol. The van der Waals surface area contributed by atoms with Crippen LogP contribution in [-0.2, 0) is 0 Å². The number of anilines is 1. The van der Waals surface area contributed by atoms with Crippen LogP contribution in [0.15, 0.2) is 18.5 Å². The van der Waals surface area contributed by atoms with E-state index in [1.54, 1.807) is 20.5 Å². The number of methoxy groups -OCH3 is 2. The molecule has 0 radical (unpaired) electrons. The predicted molar refractivity (Wildman–Crippen MR) is 91.6 cm³/mol. The molecular formula is C17H24N4O2. The molecule has 0 spiro atoms. The molecule has 1 aliphatic rings. The third-order valence-corrected chi connectivity index (χ3v) is 4.69. The zero-order chi connectivity index (χ0) is 16.4. The fourth-order valence-electron chi connectivity index (χ4n) is 3.21. The Hall–Kier alpha value is -2.08. The van der Waals surface area contributed by atoms with Gasteiger partial charge in [-0.25, -0.2) is 9.97 Å². The molecule has 2 aromatic rings. The second-order valence-corrected chi connectivity index (χ2v) is 6.07. The van der Waals surface area contributed by atoms with Crippen molar-refractivity contribution in [1.82, 2.24) is 14.9 Å². The Morgan fingerprint density at radius 2 is 1.74 bits per heavy atom. The van der Waals surface area contributed by atoms with Gasteiger partial charge in [0.1, 0.15) is 12.1 Å². The Labute approximate surface area is 137 Å². The standard InChI is InChI=1S/C17H24N4O2/c1-20-7-5-12(6-8-20)21(2)17-13-9-15(22-3)16(23-4)10-14(13)18-11-19-17/h9-12H,5-8H2,1-4H3. The number of benzene rings is 1. The zero-order valence-corrected chi connectivity index (χ0v) is 14.2. The lowest BCUT2D eigenvalue weighted by Crippen LogP contribution is -2.42. The second kappa shape index (κ2) is 6.58. The van der Waals surface area contributed by atoms with Crippen molar-refractivity contribution >= 4 is 16.7 Å². The molecule has 0 N–H and O–H groups in total. The number of rotatable bonds is 4. The number of fused-ring (bicyclic) bond motifs is 1. The molecule has 0 unspecified atom stereocenters. The molecule has 6 heteroatoms. The summed E-state index contributed by atoms with van der Waals surface area (Å²) in [6.45, 7) is 2.24. The van der Waals surface area contributed by atoms with Gasteiger partial charge < -0.3 is 19.3 Å². The molecule has 1 aromatic carbocycles. The Morgan fingerprint density at radius 1 is 1.09 bits per heavy atom. The fourth-order valence-corrected chi connectivity index (χ4v) is 3.21. The van der Waals surface area contributed by atoms with Gasteiger partial charge in [0.2, 0.25) is 0 Å². The van der Waals surface area contributed by atoms with Crippen molar-refractivity contribution in [2.45, 2.75) is 18.9 Å². The summed E-state index contributed by atoms with van der Waals surface area (Å²) in [6.07, 6.45) is 3.91. The molecule has 0 bridgehead atoms. The first-order valence-electron chi connectivity index (χ1n) is 7.92. The number of aromatic nitrogens is 2. The highest BCUT2D eigenvalue weighted by Gasteiger charge is 2.23. The molecule has 23 heavy (non-hydrogen) atoms. The molecule has 1 aromatic heterocycles. The van der Waals surface area contributed by atoms with Gasteiger partial charge in [0, 0.05) is 24.5 Å². The van der Waals surface area contributed by atoms with Crippen molar-refractivity contribution in [1.29, 1.82) is 0 Å². The van der Waals surface area contributed by atoms with E-state index in [9.17, 15) is 0 Å². The average Bonchev–Trinajstić information content (AvgIpc) is 2.60. The SMILES string of the molecule is COc1cc2ncnc(N(C)C3CCN(C)CC3)c2cc1OC. The molecule has 124 valence electrons. The number of hydrogen-bond donors (Lipinski definition) is 0. The zero-order valence-electron chi connectivity index (χ0n) is 14.2. The molecule has 1 fully saturated rings.